The Hall–Kier alpha value is -1.18. The van der Waals surface area contributed by atoms with Crippen LogP contribution in [-0.4, -0.2) is 5.78 Å². The number of carbonyl (C=O) groups is 1. The molecule has 0 N–H and O–H groups in total. The van der Waals surface area contributed by atoms with Gasteiger partial charge in [0.15, 0.2) is 5.78 Å². The zero-order chi connectivity index (χ0) is 10.7. The third-order valence-corrected chi connectivity index (χ3v) is 2.96. The number of halogens is 1. The van der Waals surface area contributed by atoms with Gasteiger partial charge in [-0.3, -0.25) is 4.79 Å². The van der Waals surface area contributed by atoms with Gasteiger partial charge in [0.2, 0.25) is 0 Å². The van der Waals surface area contributed by atoms with Gasteiger partial charge in [-0.15, -0.1) is 0 Å². The predicted octanol–water partition coefficient (Wildman–Crippen LogP) is 3.84. The first-order valence-corrected chi connectivity index (χ1v) is 5.55. The number of benzene rings is 1. The Morgan fingerprint density at radius 3 is 2.80 bits per heavy atom. The van der Waals surface area contributed by atoms with Gasteiger partial charge < -0.3 is 0 Å². The summed E-state index contributed by atoms with van der Waals surface area (Å²) < 4.78 is 13.8. The maximum absolute atomic E-state index is 13.8. The molecule has 0 amide bonds. The molecular weight excluding hydrogens is 191 g/mol. The number of hydrogen-bond acceptors (Lipinski definition) is 1. The van der Waals surface area contributed by atoms with Gasteiger partial charge in [-0.05, 0) is 18.4 Å². The first-order chi connectivity index (χ1) is 7.29. The Kier molecular flexibility index (Phi) is 3.14. The Labute approximate surface area is 89.3 Å². The van der Waals surface area contributed by atoms with Crippen molar-refractivity contribution in [3.63, 3.8) is 0 Å². The molecular formula is C13H15FO. The zero-order valence-corrected chi connectivity index (χ0v) is 8.71. The van der Waals surface area contributed by atoms with Crippen molar-refractivity contribution in [3.05, 3.63) is 35.4 Å². The van der Waals surface area contributed by atoms with E-state index in [9.17, 15) is 9.18 Å². The third kappa shape index (κ3) is 2.25. The molecule has 15 heavy (non-hydrogen) atoms. The standard InChI is InChI=1S/C13H15FO/c14-12-8-2-1-3-9-13(15)11-7-5-4-6-10(11)12/h4-7,12H,1-3,8-9H2. The number of carbonyl (C=O) groups excluding carboxylic acids is 1. The monoisotopic (exact) mass is 206 g/mol. The van der Waals surface area contributed by atoms with Crippen molar-refractivity contribution >= 4 is 5.78 Å². The van der Waals surface area contributed by atoms with E-state index in [1.807, 2.05) is 0 Å². The summed E-state index contributed by atoms with van der Waals surface area (Å²) in [7, 11) is 0. The van der Waals surface area contributed by atoms with E-state index in [-0.39, 0.29) is 5.78 Å². The molecule has 1 aliphatic rings. The Morgan fingerprint density at radius 2 is 1.93 bits per heavy atom. The Bertz CT molecular complexity index is 359. The molecule has 0 heterocycles. The van der Waals surface area contributed by atoms with Crippen LogP contribution in [0.25, 0.3) is 0 Å². The molecule has 1 atom stereocenters. The van der Waals surface area contributed by atoms with Gasteiger partial charge >= 0.3 is 0 Å². The zero-order valence-electron chi connectivity index (χ0n) is 8.71. The average molecular weight is 206 g/mol. The highest BCUT2D eigenvalue weighted by Crippen LogP contribution is 2.29. The van der Waals surface area contributed by atoms with E-state index in [0.717, 1.165) is 19.3 Å². The molecule has 1 aromatic carbocycles. The summed E-state index contributed by atoms with van der Waals surface area (Å²) in [5, 5.41) is 0. The molecule has 0 saturated heterocycles. The van der Waals surface area contributed by atoms with Crippen molar-refractivity contribution in [2.24, 2.45) is 0 Å². The van der Waals surface area contributed by atoms with Crippen molar-refractivity contribution in [3.8, 4) is 0 Å². The quantitative estimate of drug-likeness (QED) is 0.630. The lowest BCUT2D eigenvalue weighted by Crippen LogP contribution is -2.04. The van der Waals surface area contributed by atoms with Crippen LogP contribution in [0.1, 0.15) is 54.2 Å². The van der Waals surface area contributed by atoms with Crippen LogP contribution < -0.4 is 0 Å². The molecule has 80 valence electrons. The SMILES string of the molecule is O=C1CCCCCC(F)c2ccccc21. The number of Topliss-reactive ketones (excluding diaryl/α,β-unsaturated/α-hetero) is 1. The highest BCUT2D eigenvalue weighted by atomic mass is 19.1. The lowest BCUT2D eigenvalue weighted by atomic mass is 9.98. The number of ketones is 1. The molecule has 1 unspecified atom stereocenters. The Balaban J connectivity index is 2.38. The van der Waals surface area contributed by atoms with Crippen LogP contribution >= 0.6 is 0 Å². The highest BCUT2D eigenvalue weighted by Gasteiger charge is 2.19. The molecule has 0 radical (unpaired) electrons. The first kappa shape index (κ1) is 10.3. The second kappa shape index (κ2) is 4.56. The van der Waals surface area contributed by atoms with Crippen LogP contribution in [0.15, 0.2) is 24.3 Å². The number of fused-ring (bicyclic) bond motifs is 1. The van der Waals surface area contributed by atoms with Crippen molar-refractivity contribution in [2.45, 2.75) is 38.3 Å². The summed E-state index contributed by atoms with van der Waals surface area (Å²) in [5.74, 6) is 0.0927. The topological polar surface area (TPSA) is 17.1 Å². The molecule has 2 rings (SSSR count). The minimum atomic E-state index is -0.969. The van der Waals surface area contributed by atoms with E-state index in [1.54, 1.807) is 24.3 Å². The molecule has 1 aromatic rings. The smallest absolute Gasteiger partial charge is 0.163 e. The van der Waals surface area contributed by atoms with Gasteiger partial charge in [-0.25, -0.2) is 4.39 Å². The van der Waals surface area contributed by atoms with Crippen molar-refractivity contribution in [1.29, 1.82) is 0 Å². The largest absolute Gasteiger partial charge is 0.294 e. The van der Waals surface area contributed by atoms with Crippen LogP contribution in [0.3, 0.4) is 0 Å². The van der Waals surface area contributed by atoms with Gasteiger partial charge in [0, 0.05) is 12.0 Å². The van der Waals surface area contributed by atoms with E-state index in [0.29, 0.717) is 24.0 Å². The van der Waals surface area contributed by atoms with Crippen LogP contribution in [0.4, 0.5) is 4.39 Å². The summed E-state index contributed by atoms with van der Waals surface area (Å²) in [5.41, 5.74) is 1.18. The van der Waals surface area contributed by atoms with E-state index >= 15 is 0 Å². The fourth-order valence-corrected chi connectivity index (χ4v) is 2.10. The van der Waals surface area contributed by atoms with Crippen molar-refractivity contribution < 1.29 is 9.18 Å². The van der Waals surface area contributed by atoms with E-state index < -0.39 is 6.17 Å². The summed E-state index contributed by atoms with van der Waals surface area (Å²) in [4.78, 5) is 11.8. The van der Waals surface area contributed by atoms with E-state index in [1.165, 1.54) is 0 Å². The number of hydrogen-bond donors (Lipinski definition) is 0. The van der Waals surface area contributed by atoms with E-state index in [2.05, 4.69) is 0 Å². The van der Waals surface area contributed by atoms with Crippen LogP contribution in [-0.2, 0) is 0 Å². The number of alkyl halides is 1. The molecule has 0 aromatic heterocycles. The molecule has 0 aliphatic heterocycles. The second-order valence-corrected chi connectivity index (χ2v) is 4.08. The molecule has 0 bridgehead atoms. The fourth-order valence-electron chi connectivity index (χ4n) is 2.10. The molecule has 0 saturated carbocycles. The van der Waals surface area contributed by atoms with Crippen molar-refractivity contribution in [1.82, 2.24) is 0 Å². The summed E-state index contributed by atoms with van der Waals surface area (Å²) in [6, 6.07) is 7.09. The minimum Gasteiger partial charge on any atom is -0.294 e. The normalized spacial score (nSPS) is 22.5. The van der Waals surface area contributed by atoms with Crippen molar-refractivity contribution in [2.75, 3.05) is 0 Å². The van der Waals surface area contributed by atoms with Crippen LogP contribution in [0.2, 0.25) is 0 Å². The molecule has 2 heteroatoms. The van der Waals surface area contributed by atoms with Crippen LogP contribution in [0, 0.1) is 0 Å². The maximum atomic E-state index is 13.8. The molecule has 0 fully saturated rings. The number of rotatable bonds is 0. The summed E-state index contributed by atoms with van der Waals surface area (Å²) in [6.07, 6.45) is 2.86. The highest BCUT2D eigenvalue weighted by molar-refractivity contribution is 5.97. The maximum Gasteiger partial charge on any atom is 0.163 e. The minimum absolute atomic E-state index is 0.0927. The van der Waals surface area contributed by atoms with Gasteiger partial charge in [0.05, 0.1) is 0 Å². The molecule has 0 spiro atoms. The van der Waals surface area contributed by atoms with Gasteiger partial charge in [0.25, 0.3) is 0 Å². The first-order valence-electron chi connectivity index (χ1n) is 5.55. The van der Waals surface area contributed by atoms with Gasteiger partial charge in [-0.1, -0.05) is 37.1 Å². The fraction of sp³-hybridized carbons (Fsp3) is 0.462. The lowest BCUT2D eigenvalue weighted by Gasteiger charge is -2.10. The Morgan fingerprint density at radius 1 is 1.13 bits per heavy atom. The van der Waals surface area contributed by atoms with Gasteiger partial charge in [0.1, 0.15) is 6.17 Å². The summed E-state index contributed by atoms with van der Waals surface area (Å²) >= 11 is 0. The molecule has 1 nitrogen and oxygen atoms in total. The van der Waals surface area contributed by atoms with Crippen LogP contribution in [0.5, 0.6) is 0 Å². The van der Waals surface area contributed by atoms with Gasteiger partial charge in [-0.2, -0.15) is 0 Å². The second-order valence-electron chi connectivity index (χ2n) is 4.08. The molecule has 1 aliphatic carbocycles. The van der Waals surface area contributed by atoms with E-state index in [4.69, 9.17) is 0 Å². The summed E-state index contributed by atoms with van der Waals surface area (Å²) in [6.45, 7) is 0. The third-order valence-electron chi connectivity index (χ3n) is 2.96. The lowest BCUT2D eigenvalue weighted by molar-refractivity contribution is 0.0978. The predicted molar refractivity (Wildman–Crippen MR) is 57.7 cm³/mol. The average Bonchev–Trinajstić information content (AvgIpc) is 2.33.